The molecule has 27 heavy (non-hydrogen) atoms. The standard InChI is InChI=1S/C18H22N2O6.Na/c21-13-5-6-14-12(10-17(23)26-15(14)11-13)9-16(22)19-7-3-1-2-4-8-20-18(24)25;/h5-6,10-11,20-21H,1-4,7-9H2,(H,19,22)(H,24,25);/q;+1/p-1. The molecular formula is C18H21N2NaO6. The van der Waals surface area contributed by atoms with E-state index in [2.05, 4.69) is 10.6 Å². The van der Waals surface area contributed by atoms with Gasteiger partial charge in [0.2, 0.25) is 5.91 Å². The predicted molar refractivity (Wildman–Crippen MR) is 92.7 cm³/mol. The van der Waals surface area contributed by atoms with Gasteiger partial charge < -0.3 is 30.1 Å². The largest absolute Gasteiger partial charge is 1.00 e. The van der Waals surface area contributed by atoms with Crippen LogP contribution in [0, 0.1) is 0 Å². The molecule has 1 aromatic carbocycles. The van der Waals surface area contributed by atoms with E-state index in [4.69, 9.17) is 4.42 Å². The molecule has 0 fully saturated rings. The Labute approximate surface area is 178 Å². The zero-order chi connectivity index (χ0) is 18.9. The van der Waals surface area contributed by atoms with Gasteiger partial charge in [0.05, 0.1) is 6.42 Å². The van der Waals surface area contributed by atoms with E-state index in [0.717, 1.165) is 25.7 Å². The van der Waals surface area contributed by atoms with Crippen LogP contribution in [-0.2, 0) is 11.2 Å². The average molecular weight is 384 g/mol. The van der Waals surface area contributed by atoms with Crippen molar-refractivity contribution in [2.45, 2.75) is 32.1 Å². The van der Waals surface area contributed by atoms with Gasteiger partial charge in [0.1, 0.15) is 17.4 Å². The second-order valence-electron chi connectivity index (χ2n) is 5.93. The smallest absolute Gasteiger partial charge is 0.530 e. The fraction of sp³-hybridized carbons (Fsp3) is 0.389. The van der Waals surface area contributed by atoms with Crippen molar-refractivity contribution in [3.05, 3.63) is 40.2 Å². The summed E-state index contributed by atoms with van der Waals surface area (Å²) >= 11 is 0. The second-order valence-corrected chi connectivity index (χ2v) is 5.93. The van der Waals surface area contributed by atoms with Crippen LogP contribution in [0.15, 0.2) is 33.5 Å². The molecule has 0 unspecified atom stereocenters. The summed E-state index contributed by atoms with van der Waals surface area (Å²) in [6.45, 7) is 0.876. The van der Waals surface area contributed by atoms with Crippen LogP contribution in [0.25, 0.3) is 11.0 Å². The second kappa shape index (κ2) is 11.6. The Morgan fingerprint density at radius 1 is 1.04 bits per heavy atom. The first-order chi connectivity index (χ1) is 12.5. The SMILES string of the molecule is O=C([O-])NCCCCCCNC(=O)Cc1cc(=O)oc2cc(O)ccc12.[Na+]. The maximum absolute atomic E-state index is 12.1. The molecule has 9 heteroatoms. The van der Waals surface area contributed by atoms with E-state index in [9.17, 15) is 24.6 Å². The van der Waals surface area contributed by atoms with Crippen LogP contribution >= 0.6 is 0 Å². The monoisotopic (exact) mass is 384 g/mol. The summed E-state index contributed by atoms with van der Waals surface area (Å²) < 4.78 is 5.03. The fourth-order valence-corrected chi connectivity index (χ4v) is 2.62. The Morgan fingerprint density at radius 3 is 2.37 bits per heavy atom. The molecule has 8 nitrogen and oxygen atoms in total. The molecule has 3 N–H and O–H groups in total. The topological polar surface area (TPSA) is 132 Å². The molecule has 0 atom stereocenters. The van der Waals surface area contributed by atoms with E-state index < -0.39 is 11.7 Å². The minimum atomic E-state index is -1.27. The van der Waals surface area contributed by atoms with Gasteiger partial charge >= 0.3 is 35.2 Å². The van der Waals surface area contributed by atoms with Gasteiger partial charge in [-0.25, -0.2) is 4.79 Å². The molecular weight excluding hydrogens is 363 g/mol. The number of carbonyl (C=O) groups is 2. The summed E-state index contributed by atoms with van der Waals surface area (Å²) in [6, 6.07) is 5.70. The van der Waals surface area contributed by atoms with E-state index in [0.29, 0.717) is 24.0 Å². The minimum absolute atomic E-state index is 0. The normalized spacial score (nSPS) is 10.2. The molecule has 0 spiro atoms. The van der Waals surface area contributed by atoms with Crippen molar-refractivity contribution in [1.29, 1.82) is 0 Å². The van der Waals surface area contributed by atoms with Crippen LogP contribution in [0.1, 0.15) is 31.2 Å². The summed E-state index contributed by atoms with van der Waals surface area (Å²) in [5.74, 6) is -0.222. The molecule has 2 rings (SSSR count). The first-order valence-corrected chi connectivity index (χ1v) is 8.43. The van der Waals surface area contributed by atoms with Crippen molar-refractivity contribution in [2.24, 2.45) is 0 Å². The van der Waals surface area contributed by atoms with Gasteiger partial charge in [-0.1, -0.05) is 12.8 Å². The molecule has 0 aliphatic rings. The maximum Gasteiger partial charge on any atom is 1.00 e. The number of fused-ring (bicyclic) bond motifs is 1. The van der Waals surface area contributed by atoms with Gasteiger partial charge in [0, 0.05) is 30.6 Å². The van der Waals surface area contributed by atoms with Gasteiger partial charge in [0.25, 0.3) is 0 Å². The Balaban J connectivity index is 0.00000364. The molecule has 0 radical (unpaired) electrons. The first-order valence-electron chi connectivity index (χ1n) is 8.43. The third-order valence-electron chi connectivity index (χ3n) is 3.86. The molecule has 1 heterocycles. The average Bonchev–Trinajstić information content (AvgIpc) is 2.56. The number of hydrogen-bond acceptors (Lipinski definition) is 6. The van der Waals surface area contributed by atoms with E-state index in [1.54, 1.807) is 6.07 Å². The molecule has 0 aliphatic carbocycles. The number of unbranched alkanes of at least 4 members (excludes halogenated alkanes) is 3. The van der Waals surface area contributed by atoms with Crippen LogP contribution in [0.3, 0.4) is 0 Å². The van der Waals surface area contributed by atoms with Crippen molar-refractivity contribution in [3.63, 3.8) is 0 Å². The molecule has 2 amide bonds. The predicted octanol–water partition coefficient (Wildman–Crippen LogP) is -2.35. The van der Waals surface area contributed by atoms with Gasteiger partial charge in [-0.2, -0.15) is 0 Å². The van der Waals surface area contributed by atoms with Crippen LogP contribution in [-0.4, -0.2) is 30.2 Å². The Bertz CT molecular complexity index is 836. The van der Waals surface area contributed by atoms with Gasteiger partial charge in [0.15, 0.2) is 0 Å². The van der Waals surface area contributed by atoms with Crippen LogP contribution in [0.4, 0.5) is 4.79 Å². The number of rotatable bonds is 9. The number of hydrogen-bond donors (Lipinski definition) is 3. The molecule has 2 aromatic rings. The Morgan fingerprint density at radius 2 is 1.70 bits per heavy atom. The number of nitrogens with one attached hydrogen (secondary N) is 2. The molecule has 0 bridgehead atoms. The van der Waals surface area contributed by atoms with Crippen molar-refractivity contribution in [3.8, 4) is 5.75 Å². The maximum atomic E-state index is 12.1. The van der Waals surface area contributed by atoms with E-state index in [-0.39, 0.29) is 53.2 Å². The number of carbonyl (C=O) groups excluding carboxylic acids is 2. The van der Waals surface area contributed by atoms with Gasteiger partial charge in [-0.3, -0.25) is 4.79 Å². The van der Waals surface area contributed by atoms with E-state index in [1.165, 1.54) is 18.2 Å². The zero-order valence-electron chi connectivity index (χ0n) is 15.2. The van der Waals surface area contributed by atoms with E-state index >= 15 is 0 Å². The molecule has 0 saturated heterocycles. The minimum Gasteiger partial charge on any atom is -0.530 e. The van der Waals surface area contributed by atoms with Crippen molar-refractivity contribution in [2.75, 3.05) is 13.1 Å². The number of phenolic OH excluding ortho intramolecular Hbond substituents is 1. The molecule has 1 aromatic heterocycles. The number of benzene rings is 1. The van der Waals surface area contributed by atoms with Crippen LogP contribution in [0.5, 0.6) is 5.75 Å². The third kappa shape index (κ3) is 8.03. The van der Waals surface area contributed by atoms with Gasteiger partial charge in [-0.05, 0) is 30.5 Å². The van der Waals surface area contributed by atoms with Crippen molar-refractivity contribution >= 4 is 23.0 Å². The van der Waals surface area contributed by atoms with Crippen LogP contribution < -0.4 is 50.9 Å². The number of phenols is 1. The summed E-state index contributed by atoms with van der Waals surface area (Å²) in [7, 11) is 0. The first kappa shape index (κ1) is 23.0. The summed E-state index contributed by atoms with van der Waals surface area (Å²) in [5.41, 5.74) is 0.212. The summed E-state index contributed by atoms with van der Waals surface area (Å²) in [6.07, 6.45) is 2.00. The number of carboxylic acid groups (broad SMARTS) is 1. The summed E-state index contributed by atoms with van der Waals surface area (Å²) in [5, 5.41) is 25.2. The fourth-order valence-electron chi connectivity index (χ4n) is 2.62. The van der Waals surface area contributed by atoms with Crippen molar-refractivity contribution in [1.82, 2.24) is 10.6 Å². The van der Waals surface area contributed by atoms with Crippen molar-refractivity contribution < 1.29 is 53.8 Å². The Hall–Kier alpha value is -2.03. The quantitative estimate of drug-likeness (QED) is 0.252. The number of amides is 2. The number of aromatic hydroxyl groups is 1. The molecule has 140 valence electrons. The van der Waals surface area contributed by atoms with E-state index in [1.807, 2.05) is 0 Å². The Kier molecular flexibility index (Phi) is 9.92. The van der Waals surface area contributed by atoms with Gasteiger partial charge in [-0.15, -0.1) is 0 Å². The zero-order valence-corrected chi connectivity index (χ0v) is 17.2. The molecule has 0 saturated carbocycles. The van der Waals surface area contributed by atoms with Crippen LogP contribution in [0.2, 0.25) is 0 Å². The molecule has 0 aliphatic heterocycles. The third-order valence-corrected chi connectivity index (χ3v) is 3.86. The summed E-state index contributed by atoms with van der Waals surface area (Å²) in [4.78, 5) is 33.8.